The number of nitrogens with one attached hydrogen (secondary N) is 2. The van der Waals surface area contributed by atoms with Crippen LogP contribution in [-0.2, 0) is 23.2 Å². The quantitative estimate of drug-likeness (QED) is 0.376. The Labute approximate surface area is 212 Å². The Morgan fingerprint density at radius 3 is 2.53 bits per heavy atom. The number of aromatic nitrogens is 3. The molecule has 0 aliphatic rings. The van der Waals surface area contributed by atoms with Gasteiger partial charge < -0.3 is 19.9 Å². The third-order valence-electron chi connectivity index (χ3n) is 4.84. The van der Waals surface area contributed by atoms with Gasteiger partial charge in [0.25, 0.3) is 5.91 Å². The van der Waals surface area contributed by atoms with Gasteiger partial charge in [-0.15, -0.1) is 10.2 Å². The highest BCUT2D eigenvalue weighted by Gasteiger charge is 2.14. The van der Waals surface area contributed by atoms with Gasteiger partial charge in [0.15, 0.2) is 17.6 Å². The molecule has 0 aliphatic heterocycles. The highest BCUT2D eigenvalue weighted by molar-refractivity contribution is 7.99. The number of benzene rings is 2. The maximum Gasteiger partial charge on any atom is 0.258 e. The molecule has 3 aromatic rings. The van der Waals surface area contributed by atoms with Crippen LogP contribution in [0.2, 0.25) is 10.0 Å². The molecular weight excluding hydrogens is 497 g/mol. The highest BCUT2D eigenvalue weighted by Crippen LogP contribution is 2.29. The number of ether oxygens (including phenoxy) is 1. The molecule has 0 fully saturated rings. The summed E-state index contributed by atoms with van der Waals surface area (Å²) in [6.45, 7) is 4.31. The van der Waals surface area contributed by atoms with Gasteiger partial charge in [-0.05, 0) is 35.7 Å². The average Bonchev–Trinajstić information content (AvgIpc) is 3.17. The summed E-state index contributed by atoms with van der Waals surface area (Å²) in [4.78, 5) is 24.4. The van der Waals surface area contributed by atoms with E-state index in [1.807, 2.05) is 24.3 Å². The first-order chi connectivity index (χ1) is 16.2. The normalized spacial score (nSPS) is 10.9. The predicted octanol–water partition coefficient (Wildman–Crippen LogP) is 4.67. The van der Waals surface area contributed by atoms with Crippen molar-refractivity contribution in [2.24, 2.45) is 7.05 Å². The summed E-state index contributed by atoms with van der Waals surface area (Å²) in [5.74, 6) is 1.19. The van der Waals surface area contributed by atoms with E-state index in [0.717, 1.165) is 0 Å². The maximum atomic E-state index is 12.3. The molecule has 3 rings (SSSR count). The van der Waals surface area contributed by atoms with Crippen LogP contribution < -0.4 is 15.4 Å². The van der Waals surface area contributed by atoms with Gasteiger partial charge in [-0.25, -0.2) is 0 Å². The number of carbonyl (C=O) groups excluding carboxylic acids is 2. The molecule has 0 bridgehead atoms. The van der Waals surface area contributed by atoms with Crippen molar-refractivity contribution in [2.45, 2.75) is 31.5 Å². The zero-order chi connectivity index (χ0) is 24.7. The van der Waals surface area contributed by atoms with Crippen molar-refractivity contribution in [2.75, 3.05) is 17.7 Å². The minimum Gasteiger partial charge on any atom is -0.484 e. The molecule has 1 heterocycles. The summed E-state index contributed by atoms with van der Waals surface area (Å²) in [6.07, 6.45) is 0. The van der Waals surface area contributed by atoms with Crippen molar-refractivity contribution in [3.8, 4) is 5.75 Å². The number of anilines is 1. The van der Waals surface area contributed by atoms with Crippen molar-refractivity contribution in [1.29, 1.82) is 0 Å². The monoisotopic (exact) mass is 521 g/mol. The van der Waals surface area contributed by atoms with E-state index >= 15 is 0 Å². The molecule has 0 saturated heterocycles. The van der Waals surface area contributed by atoms with E-state index in [-0.39, 0.29) is 35.7 Å². The Morgan fingerprint density at radius 1 is 1.09 bits per heavy atom. The van der Waals surface area contributed by atoms with E-state index < -0.39 is 0 Å². The average molecular weight is 522 g/mol. The first-order valence-electron chi connectivity index (χ1n) is 10.5. The number of hydrogen-bond acceptors (Lipinski definition) is 6. The lowest BCUT2D eigenvalue weighted by Gasteiger charge is -2.09. The molecule has 2 amide bonds. The maximum absolute atomic E-state index is 12.3. The summed E-state index contributed by atoms with van der Waals surface area (Å²) in [5.41, 5.74) is 1.65. The topological polar surface area (TPSA) is 98.1 Å². The van der Waals surface area contributed by atoms with E-state index in [4.69, 9.17) is 27.9 Å². The zero-order valence-corrected chi connectivity index (χ0v) is 21.3. The molecule has 0 spiro atoms. The van der Waals surface area contributed by atoms with Crippen LogP contribution in [0.4, 0.5) is 5.69 Å². The standard InChI is InChI=1S/C23H25Cl2N5O3S/c1-14(2)15-7-9-16(10-8-15)33-12-20(31)26-11-19-28-29-23(30(19)3)34-13-21(32)27-18-6-4-5-17(24)22(18)25/h4-10,14H,11-13H2,1-3H3,(H,26,31)(H,27,32). The molecule has 0 unspecified atom stereocenters. The SMILES string of the molecule is CC(C)c1ccc(OCC(=O)NCc2nnc(SCC(=O)Nc3cccc(Cl)c3Cl)n2C)cc1. The lowest BCUT2D eigenvalue weighted by atomic mass is 10.0. The second kappa shape index (κ2) is 12.1. The third kappa shape index (κ3) is 7.12. The van der Waals surface area contributed by atoms with Gasteiger partial charge in [-0.3, -0.25) is 9.59 Å². The number of amides is 2. The highest BCUT2D eigenvalue weighted by atomic mass is 35.5. The smallest absolute Gasteiger partial charge is 0.258 e. The lowest BCUT2D eigenvalue weighted by molar-refractivity contribution is -0.123. The Balaban J connectivity index is 1.44. The summed E-state index contributed by atoms with van der Waals surface area (Å²) in [6, 6.07) is 12.7. The fraction of sp³-hybridized carbons (Fsp3) is 0.304. The minimum atomic E-state index is -0.275. The molecule has 8 nitrogen and oxygen atoms in total. The molecule has 0 radical (unpaired) electrons. The van der Waals surface area contributed by atoms with Crippen LogP contribution in [0.15, 0.2) is 47.6 Å². The van der Waals surface area contributed by atoms with Crippen LogP contribution >= 0.6 is 35.0 Å². The Bertz CT molecular complexity index is 1150. The van der Waals surface area contributed by atoms with Crippen molar-refractivity contribution in [1.82, 2.24) is 20.1 Å². The second-order valence-electron chi connectivity index (χ2n) is 7.69. The van der Waals surface area contributed by atoms with Crippen LogP contribution in [0.3, 0.4) is 0 Å². The lowest BCUT2D eigenvalue weighted by Crippen LogP contribution is -2.29. The van der Waals surface area contributed by atoms with Gasteiger partial charge in [-0.1, -0.05) is 67.0 Å². The summed E-state index contributed by atoms with van der Waals surface area (Å²) < 4.78 is 7.25. The predicted molar refractivity (Wildman–Crippen MR) is 135 cm³/mol. The van der Waals surface area contributed by atoms with Crippen molar-refractivity contribution in [3.05, 3.63) is 63.9 Å². The molecule has 2 aromatic carbocycles. The third-order valence-corrected chi connectivity index (χ3v) is 6.68. The van der Waals surface area contributed by atoms with Crippen molar-refractivity contribution < 1.29 is 14.3 Å². The summed E-state index contributed by atoms with van der Waals surface area (Å²) in [5, 5.41) is 14.8. The van der Waals surface area contributed by atoms with Gasteiger partial charge in [0.2, 0.25) is 5.91 Å². The molecule has 1 aromatic heterocycles. The number of carbonyl (C=O) groups is 2. The van der Waals surface area contributed by atoms with Gasteiger partial charge >= 0.3 is 0 Å². The van der Waals surface area contributed by atoms with Gasteiger partial charge in [0.1, 0.15) is 5.75 Å². The van der Waals surface area contributed by atoms with Crippen LogP contribution in [0.5, 0.6) is 5.75 Å². The largest absolute Gasteiger partial charge is 0.484 e. The molecule has 11 heteroatoms. The Hall–Kier alpha value is -2.75. The fourth-order valence-corrected chi connectivity index (χ4v) is 3.95. The van der Waals surface area contributed by atoms with E-state index in [2.05, 4.69) is 34.7 Å². The first kappa shape index (κ1) is 25.9. The molecule has 2 N–H and O–H groups in total. The van der Waals surface area contributed by atoms with Crippen LogP contribution in [0.1, 0.15) is 31.2 Å². The molecule has 180 valence electrons. The first-order valence-corrected chi connectivity index (χ1v) is 12.2. The second-order valence-corrected chi connectivity index (χ2v) is 9.41. The van der Waals surface area contributed by atoms with E-state index in [0.29, 0.717) is 33.4 Å². The molecule has 0 aliphatic carbocycles. The number of hydrogen-bond donors (Lipinski definition) is 2. The molecule has 0 saturated carbocycles. The molecular formula is C23H25Cl2N5O3S. The molecule has 34 heavy (non-hydrogen) atoms. The Morgan fingerprint density at radius 2 is 1.82 bits per heavy atom. The number of rotatable bonds is 10. The van der Waals surface area contributed by atoms with Gasteiger partial charge in [0, 0.05) is 7.05 Å². The minimum absolute atomic E-state index is 0.102. The fourth-order valence-electron chi connectivity index (χ4n) is 2.87. The Kier molecular flexibility index (Phi) is 9.20. The van der Waals surface area contributed by atoms with Crippen molar-refractivity contribution in [3.63, 3.8) is 0 Å². The molecule has 0 atom stereocenters. The zero-order valence-electron chi connectivity index (χ0n) is 19.0. The number of halogens is 2. The summed E-state index contributed by atoms with van der Waals surface area (Å²) in [7, 11) is 1.77. The van der Waals surface area contributed by atoms with E-state index in [1.54, 1.807) is 29.8 Å². The van der Waals surface area contributed by atoms with E-state index in [9.17, 15) is 9.59 Å². The van der Waals surface area contributed by atoms with Crippen molar-refractivity contribution >= 4 is 52.5 Å². The number of thioether (sulfide) groups is 1. The van der Waals surface area contributed by atoms with Gasteiger partial charge in [0.05, 0.1) is 28.0 Å². The van der Waals surface area contributed by atoms with Gasteiger partial charge in [-0.2, -0.15) is 0 Å². The van der Waals surface area contributed by atoms with Crippen LogP contribution in [0.25, 0.3) is 0 Å². The summed E-state index contributed by atoms with van der Waals surface area (Å²) >= 11 is 13.3. The van der Waals surface area contributed by atoms with E-state index in [1.165, 1.54) is 17.3 Å². The number of nitrogens with zero attached hydrogens (tertiary/aromatic N) is 3. The van der Waals surface area contributed by atoms with Crippen LogP contribution in [-0.4, -0.2) is 38.9 Å². The van der Waals surface area contributed by atoms with Crippen LogP contribution in [0, 0.1) is 0 Å².